The Bertz CT molecular complexity index is 296. The van der Waals surface area contributed by atoms with Crippen LogP contribution in [0.4, 0.5) is 0 Å². The fourth-order valence-corrected chi connectivity index (χ4v) is 2.09. The average molecular weight is 197 g/mol. The zero-order chi connectivity index (χ0) is 10.5. The molecule has 0 aromatic heterocycles. The summed E-state index contributed by atoms with van der Waals surface area (Å²) in [6.45, 7) is 4.14. The predicted octanol–water partition coefficient (Wildman–Crippen LogP) is 0.718. The number of aliphatic carboxylic acids is 1. The molecule has 1 heterocycles. The van der Waals surface area contributed by atoms with Crippen molar-refractivity contribution in [1.29, 1.82) is 0 Å². The molecule has 0 aromatic carbocycles. The molecule has 2 rings (SSSR count). The maximum absolute atomic E-state index is 11.8. The van der Waals surface area contributed by atoms with Crippen molar-refractivity contribution < 1.29 is 14.7 Å². The Morgan fingerprint density at radius 2 is 2.14 bits per heavy atom. The van der Waals surface area contributed by atoms with Crippen LogP contribution in [-0.4, -0.2) is 34.0 Å². The van der Waals surface area contributed by atoms with Crippen LogP contribution in [0.2, 0.25) is 0 Å². The van der Waals surface area contributed by atoms with Gasteiger partial charge >= 0.3 is 5.97 Å². The third-order valence-corrected chi connectivity index (χ3v) is 3.58. The standard InChI is InChI=1S/C10H15NO3/c1-6-7(9(13)14)5-11(8(6)12)10(2)3-4-10/h6-7H,3-5H2,1-2H3,(H,13,14). The van der Waals surface area contributed by atoms with E-state index in [0.29, 0.717) is 6.54 Å². The zero-order valence-electron chi connectivity index (χ0n) is 8.49. The van der Waals surface area contributed by atoms with Gasteiger partial charge in [0.05, 0.1) is 11.8 Å². The summed E-state index contributed by atoms with van der Waals surface area (Å²) < 4.78 is 0. The van der Waals surface area contributed by atoms with Crippen LogP contribution in [0.1, 0.15) is 26.7 Å². The molecule has 1 N–H and O–H groups in total. The number of amides is 1. The van der Waals surface area contributed by atoms with Crippen molar-refractivity contribution in [3.63, 3.8) is 0 Å². The fraction of sp³-hybridized carbons (Fsp3) is 0.800. The molecule has 2 unspecified atom stereocenters. The third kappa shape index (κ3) is 1.21. The monoisotopic (exact) mass is 197 g/mol. The number of hydrogen-bond acceptors (Lipinski definition) is 2. The highest BCUT2D eigenvalue weighted by atomic mass is 16.4. The predicted molar refractivity (Wildman–Crippen MR) is 49.6 cm³/mol. The topological polar surface area (TPSA) is 57.6 Å². The number of carboxylic acid groups (broad SMARTS) is 1. The molecule has 78 valence electrons. The Morgan fingerprint density at radius 1 is 1.57 bits per heavy atom. The lowest BCUT2D eigenvalue weighted by atomic mass is 9.98. The van der Waals surface area contributed by atoms with Gasteiger partial charge in [-0.1, -0.05) is 6.92 Å². The average Bonchev–Trinajstić information content (AvgIpc) is 2.76. The van der Waals surface area contributed by atoms with E-state index in [9.17, 15) is 9.59 Å². The second-order valence-corrected chi connectivity index (χ2v) is 4.68. The molecule has 1 aliphatic carbocycles. The molecule has 2 atom stereocenters. The molecule has 14 heavy (non-hydrogen) atoms. The van der Waals surface area contributed by atoms with Crippen LogP contribution >= 0.6 is 0 Å². The van der Waals surface area contributed by atoms with Gasteiger partial charge < -0.3 is 10.0 Å². The zero-order valence-corrected chi connectivity index (χ0v) is 8.49. The van der Waals surface area contributed by atoms with Crippen LogP contribution in [0, 0.1) is 11.8 Å². The lowest BCUT2D eigenvalue weighted by molar-refractivity contribution is -0.143. The highest BCUT2D eigenvalue weighted by Gasteiger charge is 2.53. The summed E-state index contributed by atoms with van der Waals surface area (Å²) in [6.07, 6.45) is 2.02. The minimum absolute atomic E-state index is 0.0115. The van der Waals surface area contributed by atoms with Crippen LogP contribution in [0.15, 0.2) is 0 Å². The van der Waals surface area contributed by atoms with E-state index in [1.54, 1.807) is 11.8 Å². The maximum atomic E-state index is 11.8. The van der Waals surface area contributed by atoms with Crippen molar-refractivity contribution in [2.45, 2.75) is 32.2 Å². The van der Waals surface area contributed by atoms with Gasteiger partial charge in [-0.3, -0.25) is 9.59 Å². The van der Waals surface area contributed by atoms with E-state index in [1.807, 2.05) is 6.92 Å². The van der Waals surface area contributed by atoms with E-state index < -0.39 is 11.9 Å². The molecular formula is C10H15NO3. The summed E-state index contributed by atoms with van der Waals surface area (Å²) in [5.74, 6) is -1.71. The summed E-state index contributed by atoms with van der Waals surface area (Å²) in [6, 6.07) is 0. The summed E-state index contributed by atoms with van der Waals surface area (Å²) >= 11 is 0. The van der Waals surface area contributed by atoms with Crippen molar-refractivity contribution in [2.24, 2.45) is 11.8 Å². The van der Waals surface area contributed by atoms with Gasteiger partial charge in [-0.2, -0.15) is 0 Å². The van der Waals surface area contributed by atoms with Gasteiger partial charge in [-0.15, -0.1) is 0 Å². The van der Waals surface area contributed by atoms with Crippen LogP contribution in [0.25, 0.3) is 0 Å². The number of nitrogens with zero attached hydrogens (tertiary/aromatic N) is 1. The van der Waals surface area contributed by atoms with Crippen molar-refractivity contribution in [3.8, 4) is 0 Å². The molecule has 0 aromatic rings. The van der Waals surface area contributed by atoms with E-state index in [1.165, 1.54) is 0 Å². The first-order valence-corrected chi connectivity index (χ1v) is 5.00. The highest BCUT2D eigenvalue weighted by molar-refractivity contribution is 5.88. The molecule has 1 saturated heterocycles. The van der Waals surface area contributed by atoms with Crippen molar-refractivity contribution in [1.82, 2.24) is 4.90 Å². The largest absolute Gasteiger partial charge is 0.481 e. The van der Waals surface area contributed by atoms with Gasteiger partial charge in [0, 0.05) is 12.1 Å². The van der Waals surface area contributed by atoms with E-state index in [-0.39, 0.29) is 17.4 Å². The van der Waals surface area contributed by atoms with Gasteiger partial charge in [0.1, 0.15) is 0 Å². The molecule has 4 nitrogen and oxygen atoms in total. The van der Waals surface area contributed by atoms with E-state index in [4.69, 9.17) is 5.11 Å². The summed E-state index contributed by atoms with van der Waals surface area (Å²) in [5.41, 5.74) is -0.0322. The molecular weight excluding hydrogens is 182 g/mol. The number of carbonyl (C=O) groups is 2. The Labute approximate surface area is 82.9 Å². The van der Waals surface area contributed by atoms with Gasteiger partial charge in [0.25, 0.3) is 0 Å². The first-order chi connectivity index (χ1) is 6.46. The quantitative estimate of drug-likeness (QED) is 0.709. The maximum Gasteiger partial charge on any atom is 0.309 e. The first-order valence-electron chi connectivity index (χ1n) is 5.00. The number of carboxylic acids is 1. The van der Waals surface area contributed by atoms with Gasteiger partial charge in [0.15, 0.2) is 0 Å². The second kappa shape index (κ2) is 2.72. The molecule has 4 heteroatoms. The van der Waals surface area contributed by atoms with Crippen LogP contribution in [0.5, 0.6) is 0 Å². The number of carbonyl (C=O) groups excluding carboxylic acids is 1. The summed E-state index contributed by atoms with van der Waals surface area (Å²) in [7, 11) is 0. The molecule has 0 spiro atoms. The Balaban J connectivity index is 2.17. The minimum Gasteiger partial charge on any atom is -0.481 e. The van der Waals surface area contributed by atoms with Crippen LogP contribution in [0.3, 0.4) is 0 Å². The number of hydrogen-bond donors (Lipinski definition) is 1. The fourth-order valence-electron chi connectivity index (χ4n) is 2.09. The second-order valence-electron chi connectivity index (χ2n) is 4.68. The molecule has 0 bridgehead atoms. The lowest BCUT2D eigenvalue weighted by Crippen LogP contribution is -2.37. The van der Waals surface area contributed by atoms with E-state index >= 15 is 0 Å². The highest BCUT2D eigenvalue weighted by Crippen LogP contribution is 2.45. The molecule has 1 aliphatic heterocycles. The third-order valence-electron chi connectivity index (χ3n) is 3.58. The minimum atomic E-state index is -0.849. The van der Waals surface area contributed by atoms with Crippen molar-refractivity contribution in [2.75, 3.05) is 6.54 Å². The first kappa shape index (κ1) is 9.49. The van der Waals surface area contributed by atoms with Crippen molar-refractivity contribution in [3.05, 3.63) is 0 Å². The number of likely N-dealkylation sites (tertiary alicyclic amines) is 1. The molecule has 1 amide bonds. The van der Waals surface area contributed by atoms with Gasteiger partial charge in [-0.05, 0) is 19.8 Å². The molecule has 1 saturated carbocycles. The van der Waals surface area contributed by atoms with Gasteiger partial charge in [0.2, 0.25) is 5.91 Å². The van der Waals surface area contributed by atoms with Gasteiger partial charge in [-0.25, -0.2) is 0 Å². The normalized spacial score (nSPS) is 34.7. The molecule has 2 aliphatic rings. The smallest absolute Gasteiger partial charge is 0.309 e. The number of rotatable bonds is 2. The summed E-state index contributed by atoms with van der Waals surface area (Å²) in [5, 5.41) is 8.93. The Morgan fingerprint density at radius 3 is 2.50 bits per heavy atom. The molecule has 0 radical (unpaired) electrons. The lowest BCUT2D eigenvalue weighted by Gasteiger charge is -2.23. The van der Waals surface area contributed by atoms with Crippen LogP contribution in [-0.2, 0) is 9.59 Å². The van der Waals surface area contributed by atoms with E-state index in [0.717, 1.165) is 12.8 Å². The Hall–Kier alpha value is -1.06. The SMILES string of the molecule is CC1C(=O)N(C2(C)CC2)CC1C(=O)O. The van der Waals surface area contributed by atoms with Crippen molar-refractivity contribution >= 4 is 11.9 Å². The Kier molecular flexibility index (Phi) is 1.84. The van der Waals surface area contributed by atoms with Crippen LogP contribution < -0.4 is 0 Å². The van der Waals surface area contributed by atoms with E-state index in [2.05, 4.69) is 0 Å². The molecule has 2 fully saturated rings. The summed E-state index contributed by atoms with van der Waals surface area (Å²) in [4.78, 5) is 24.4.